The number of aromatic nitrogens is 1. The summed E-state index contributed by atoms with van der Waals surface area (Å²) in [7, 11) is 0. The molecule has 5 N–H and O–H groups in total. The topological polar surface area (TPSA) is 67.8 Å². The first-order valence-electron chi connectivity index (χ1n) is 4.82. The van der Waals surface area contributed by atoms with Crippen LogP contribution in [0.5, 0.6) is 0 Å². The largest absolute Gasteiger partial charge is 0.361 e. The Balaban J connectivity index is 2.33. The van der Waals surface area contributed by atoms with Crippen molar-refractivity contribution in [1.29, 1.82) is 0 Å². The lowest BCUT2D eigenvalue weighted by Crippen LogP contribution is -2.31. The number of fused-ring (bicyclic) bond motifs is 1. The average Bonchev–Trinajstić information content (AvgIpc) is 2.62. The van der Waals surface area contributed by atoms with E-state index in [0.717, 1.165) is 11.9 Å². The Labute approximate surface area is 83.1 Å². The molecule has 74 valence electrons. The third-order valence-corrected chi connectivity index (χ3v) is 2.46. The molecule has 1 atom stereocenters. The summed E-state index contributed by atoms with van der Waals surface area (Å²) in [5, 5.41) is 1.25. The molecule has 0 fully saturated rings. The van der Waals surface area contributed by atoms with E-state index in [2.05, 4.69) is 17.1 Å². The van der Waals surface area contributed by atoms with Gasteiger partial charge in [0.1, 0.15) is 0 Å². The highest BCUT2D eigenvalue weighted by Gasteiger charge is 2.06. The number of aromatic amines is 1. The molecule has 14 heavy (non-hydrogen) atoms. The zero-order chi connectivity index (χ0) is 9.97. The summed E-state index contributed by atoms with van der Waals surface area (Å²) in [6, 6.07) is 8.27. The van der Waals surface area contributed by atoms with Gasteiger partial charge >= 0.3 is 0 Å². The molecule has 0 aliphatic carbocycles. The first-order valence-corrected chi connectivity index (χ1v) is 4.82. The van der Waals surface area contributed by atoms with E-state index < -0.39 is 0 Å². The minimum absolute atomic E-state index is 0.0502. The molecule has 0 bridgehead atoms. The fourth-order valence-corrected chi connectivity index (χ4v) is 1.67. The molecule has 0 aliphatic rings. The molecular formula is C11H15N3. The molecule has 0 saturated heterocycles. The molecule has 0 aliphatic heterocycles. The molecule has 0 radical (unpaired) electrons. The van der Waals surface area contributed by atoms with E-state index >= 15 is 0 Å². The highest BCUT2D eigenvalue weighted by Crippen LogP contribution is 2.18. The Bertz CT molecular complexity index is 419. The highest BCUT2D eigenvalue weighted by atomic mass is 14.7. The van der Waals surface area contributed by atoms with Crippen LogP contribution in [-0.4, -0.2) is 17.6 Å². The summed E-state index contributed by atoms with van der Waals surface area (Å²) in [6.45, 7) is 0.527. The van der Waals surface area contributed by atoms with Crippen LogP contribution in [0.2, 0.25) is 0 Å². The fourth-order valence-electron chi connectivity index (χ4n) is 1.67. The van der Waals surface area contributed by atoms with Crippen LogP contribution in [-0.2, 0) is 6.42 Å². The van der Waals surface area contributed by atoms with Gasteiger partial charge in [-0.3, -0.25) is 0 Å². The van der Waals surface area contributed by atoms with Gasteiger partial charge in [-0.15, -0.1) is 0 Å². The lowest BCUT2D eigenvalue weighted by Gasteiger charge is -2.06. The fraction of sp³-hybridized carbons (Fsp3) is 0.273. The van der Waals surface area contributed by atoms with Crippen molar-refractivity contribution in [2.24, 2.45) is 11.5 Å². The summed E-state index contributed by atoms with van der Waals surface area (Å²) < 4.78 is 0. The molecule has 2 aromatic rings. The van der Waals surface area contributed by atoms with E-state index in [0.29, 0.717) is 6.54 Å². The minimum atomic E-state index is 0.0502. The molecule has 1 aromatic heterocycles. The van der Waals surface area contributed by atoms with E-state index in [4.69, 9.17) is 11.5 Å². The lowest BCUT2D eigenvalue weighted by molar-refractivity contribution is 0.681. The number of nitrogens with one attached hydrogen (secondary N) is 1. The Morgan fingerprint density at radius 1 is 1.29 bits per heavy atom. The van der Waals surface area contributed by atoms with Crippen LogP contribution in [0, 0.1) is 0 Å². The van der Waals surface area contributed by atoms with Crippen LogP contribution in [0.3, 0.4) is 0 Å². The van der Waals surface area contributed by atoms with Crippen molar-refractivity contribution in [2.45, 2.75) is 12.5 Å². The van der Waals surface area contributed by atoms with Crippen molar-refractivity contribution in [3.8, 4) is 0 Å². The monoisotopic (exact) mass is 189 g/mol. The van der Waals surface area contributed by atoms with Crippen molar-refractivity contribution in [2.75, 3.05) is 6.54 Å². The second-order valence-electron chi connectivity index (χ2n) is 3.56. The summed E-state index contributed by atoms with van der Waals surface area (Å²) >= 11 is 0. The van der Waals surface area contributed by atoms with Crippen LogP contribution in [0.15, 0.2) is 30.5 Å². The van der Waals surface area contributed by atoms with Gasteiger partial charge in [-0.25, -0.2) is 0 Å². The van der Waals surface area contributed by atoms with Crippen LogP contribution in [0.1, 0.15) is 5.56 Å². The minimum Gasteiger partial charge on any atom is -0.361 e. The first kappa shape index (κ1) is 9.24. The molecular weight excluding hydrogens is 174 g/mol. The number of hydrogen-bond donors (Lipinski definition) is 3. The van der Waals surface area contributed by atoms with Crippen molar-refractivity contribution in [3.05, 3.63) is 36.0 Å². The van der Waals surface area contributed by atoms with Gasteiger partial charge in [0.15, 0.2) is 0 Å². The summed E-state index contributed by atoms with van der Waals surface area (Å²) in [5.74, 6) is 0. The van der Waals surface area contributed by atoms with Crippen LogP contribution in [0.4, 0.5) is 0 Å². The van der Waals surface area contributed by atoms with Gasteiger partial charge in [0.25, 0.3) is 0 Å². The maximum atomic E-state index is 5.82. The van der Waals surface area contributed by atoms with Crippen molar-refractivity contribution < 1.29 is 0 Å². The summed E-state index contributed by atoms with van der Waals surface area (Å²) in [4.78, 5) is 3.22. The number of nitrogens with two attached hydrogens (primary N) is 2. The molecule has 0 amide bonds. The number of hydrogen-bond acceptors (Lipinski definition) is 2. The highest BCUT2D eigenvalue weighted by molar-refractivity contribution is 5.83. The normalized spacial score (nSPS) is 13.3. The van der Waals surface area contributed by atoms with Crippen molar-refractivity contribution in [3.63, 3.8) is 0 Å². The molecule has 3 nitrogen and oxygen atoms in total. The van der Waals surface area contributed by atoms with Gasteiger partial charge in [-0.1, -0.05) is 18.2 Å². The molecule has 3 heteroatoms. The summed E-state index contributed by atoms with van der Waals surface area (Å²) in [6.07, 6.45) is 2.85. The van der Waals surface area contributed by atoms with Crippen molar-refractivity contribution in [1.82, 2.24) is 4.98 Å². The summed E-state index contributed by atoms with van der Waals surface area (Å²) in [5.41, 5.74) is 13.7. The predicted molar refractivity (Wildman–Crippen MR) is 59.0 cm³/mol. The molecule has 0 spiro atoms. The van der Waals surface area contributed by atoms with Gasteiger partial charge in [0.2, 0.25) is 0 Å². The van der Waals surface area contributed by atoms with E-state index in [1.165, 1.54) is 10.9 Å². The van der Waals surface area contributed by atoms with E-state index in [-0.39, 0.29) is 6.04 Å². The van der Waals surface area contributed by atoms with Gasteiger partial charge in [0, 0.05) is 29.7 Å². The SMILES string of the molecule is NCC(N)Cc1c[nH]c2ccccc12. The van der Waals surface area contributed by atoms with Crippen molar-refractivity contribution >= 4 is 10.9 Å². The Kier molecular flexibility index (Phi) is 2.52. The second-order valence-corrected chi connectivity index (χ2v) is 3.56. The second kappa shape index (κ2) is 3.82. The zero-order valence-electron chi connectivity index (χ0n) is 8.03. The average molecular weight is 189 g/mol. The van der Waals surface area contributed by atoms with E-state index in [9.17, 15) is 0 Å². The first-order chi connectivity index (χ1) is 6.81. The third kappa shape index (κ3) is 1.64. The Morgan fingerprint density at radius 2 is 2.07 bits per heavy atom. The van der Waals surface area contributed by atoms with Crippen LogP contribution < -0.4 is 11.5 Å². The Morgan fingerprint density at radius 3 is 2.86 bits per heavy atom. The van der Waals surface area contributed by atoms with Gasteiger partial charge in [0.05, 0.1) is 0 Å². The number of benzene rings is 1. The predicted octanol–water partition coefficient (Wildman–Crippen LogP) is 0.996. The van der Waals surface area contributed by atoms with E-state index in [1.54, 1.807) is 0 Å². The molecule has 2 rings (SSSR count). The van der Waals surface area contributed by atoms with Crippen LogP contribution in [0.25, 0.3) is 10.9 Å². The number of para-hydroxylation sites is 1. The Hall–Kier alpha value is -1.32. The molecule has 1 heterocycles. The van der Waals surface area contributed by atoms with Gasteiger partial charge in [-0.05, 0) is 18.1 Å². The van der Waals surface area contributed by atoms with Crippen LogP contribution >= 0.6 is 0 Å². The maximum Gasteiger partial charge on any atom is 0.0456 e. The number of rotatable bonds is 3. The van der Waals surface area contributed by atoms with E-state index in [1.807, 2.05) is 18.3 Å². The zero-order valence-corrected chi connectivity index (χ0v) is 8.03. The maximum absolute atomic E-state index is 5.82. The standard InChI is InChI=1S/C11H15N3/c12-6-9(13)5-8-7-14-11-4-2-1-3-10(8)11/h1-4,7,9,14H,5-6,12-13H2. The van der Waals surface area contributed by atoms with Gasteiger partial charge in [-0.2, -0.15) is 0 Å². The smallest absolute Gasteiger partial charge is 0.0456 e. The molecule has 1 unspecified atom stereocenters. The third-order valence-electron chi connectivity index (χ3n) is 2.46. The lowest BCUT2D eigenvalue weighted by atomic mass is 10.1. The quantitative estimate of drug-likeness (QED) is 0.674. The molecule has 0 saturated carbocycles. The van der Waals surface area contributed by atoms with Gasteiger partial charge < -0.3 is 16.5 Å². The number of H-pyrrole nitrogens is 1. The molecule has 1 aromatic carbocycles.